The lowest BCUT2D eigenvalue weighted by Crippen LogP contribution is -2.45. The SMILES string of the molecule is Cl.O=C(NCc1cccs1)c1cc(NC(=O)C2CNCCO2)ccc1Cl. The topological polar surface area (TPSA) is 79.5 Å². The highest BCUT2D eigenvalue weighted by Gasteiger charge is 2.22. The molecule has 1 aromatic carbocycles. The van der Waals surface area contributed by atoms with Gasteiger partial charge in [-0.2, -0.15) is 0 Å². The maximum Gasteiger partial charge on any atom is 0.254 e. The second kappa shape index (κ2) is 9.89. The van der Waals surface area contributed by atoms with E-state index < -0.39 is 6.10 Å². The molecule has 140 valence electrons. The third-order valence-corrected chi connectivity index (χ3v) is 4.91. The number of carbonyl (C=O) groups is 2. The number of benzene rings is 1. The molecule has 9 heteroatoms. The highest BCUT2D eigenvalue weighted by molar-refractivity contribution is 7.09. The molecule has 1 saturated heterocycles. The second-order valence-electron chi connectivity index (χ2n) is 5.51. The summed E-state index contributed by atoms with van der Waals surface area (Å²) in [4.78, 5) is 25.6. The van der Waals surface area contributed by atoms with Crippen LogP contribution in [-0.2, 0) is 16.1 Å². The summed E-state index contributed by atoms with van der Waals surface area (Å²) >= 11 is 7.70. The van der Waals surface area contributed by atoms with Crippen molar-refractivity contribution in [3.8, 4) is 0 Å². The van der Waals surface area contributed by atoms with E-state index in [0.717, 1.165) is 11.4 Å². The fourth-order valence-corrected chi connectivity index (χ4v) is 3.26. The standard InChI is InChI=1S/C17H18ClN3O3S.ClH/c18-14-4-3-11(21-17(23)15-10-19-5-6-24-15)8-13(14)16(22)20-9-12-2-1-7-25-12;/h1-4,7-8,15,19H,5-6,9-10H2,(H,20,22)(H,21,23);1H. The molecule has 1 fully saturated rings. The van der Waals surface area contributed by atoms with Crippen LogP contribution in [0.25, 0.3) is 0 Å². The maximum atomic E-state index is 12.4. The van der Waals surface area contributed by atoms with Crippen molar-refractivity contribution in [1.29, 1.82) is 0 Å². The van der Waals surface area contributed by atoms with Gasteiger partial charge in [0.05, 0.1) is 23.7 Å². The van der Waals surface area contributed by atoms with Gasteiger partial charge in [-0.25, -0.2) is 0 Å². The zero-order valence-electron chi connectivity index (χ0n) is 13.8. The van der Waals surface area contributed by atoms with Crippen molar-refractivity contribution in [3.05, 3.63) is 51.2 Å². The van der Waals surface area contributed by atoms with Gasteiger partial charge in [0, 0.05) is 23.7 Å². The zero-order valence-corrected chi connectivity index (χ0v) is 16.2. The summed E-state index contributed by atoms with van der Waals surface area (Å²) in [5.74, 6) is -0.537. The largest absolute Gasteiger partial charge is 0.366 e. The summed E-state index contributed by atoms with van der Waals surface area (Å²) in [6, 6.07) is 8.70. The van der Waals surface area contributed by atoms with Crippen LogP contribution in [0.15, 0.2) is 35.7 Å². The molecule has 2 aromatic rings. The number of rotatable bonds is 5. The van der Waals surface area contributed by atoms with Crippen LogP contribution < -0.4 is 16.0 Å². The number of thiophene rings is 1. The maximum absolute atomic E-state index is 12.4. The lowest BCUT2D eigenvalue weighted by molar-refractivity contribution is -0.128. The van der Waals surface area contributed by atoms with Crippen LogP contribution in [0.1, 0.15) is 15.2 Å². The molecule has 2 amide bonds. The van der Waals surface area contributed by atoms with Crippen LogP contribution in [0, 0.1) is 0 Å². The molecule has 0 bridgehead atoms. The summed E-state index contributed by atoms with van der Waals surface area (Å²) in [5.41, 5.74) is 0.823. The van der Waals surface area contributed by atoms with Gasteiger partial charge >= 0.3 is 0 Å². The minimum Gasteiger partial charge on any atom is -0.366 e. The van der Waals surface area contributed by atoms with Crippen molar-refractivity contribution in [3.63, 3.8) is 0 Å². The van der Waals surface area contributed by atoms with Gasteiger partial charge in [-0.05, 0) is 29.6 Å². The summed E-state index contributed by atoms with van der Waals surface area (Å²) in [5, 5.41) is 11.0. The smallest absolute Gasteiger partial charge is 0.254 e. The number of halogens is 2. The molecule has 0 radical (unpaired) electrons. The molecule has 1 unspecified atom stereocenters. The first kappa shape index (κ1) is 20.7. The number of anilines is 1. The van der Waals surface area contributed by atoms with Crippen LogP contribution in [0.4, 0.5) is 5.69 Å². The lowest BCUT2D eigenvalue weighted by atomic mass is 10.1. The molecular formula is C17H19Cl2N3O3S. The monoisotopic (exact) mass is 415 g/mol. The number of amides is 2. The summed E-state index contributed by atoms with van der Waals surface area (Å²) < 4.78 is 5.41. The molecule has 1 aliphatic heterocycles. The highest BCUT2D eigenvalue weighted by Crippen LogP contribution is 2.21. The Bertz CT molecular complexity index is 750. The first-order chi connectivity index (χ1) is 12.1. The molecular weight excluding hydrogens is 397 g/mol. The molecule has 6 nitrogen and oxygen atoms in total. The van der Waals surface area contributed by atoms with Crippen LogP contribution >= 0.6 is 35.3 Å². The van der Waals surface area contributed by atoms with Crippen molar-refractivity contribution in [2.24, 2.45) is 0 Å². The zero-order chi connectivity index (χ0) is 17.6. The molecule has 0 aliphatic carbocycles. The van der Waals surface area contributed by atoms with Crippen LogP contribution in [0.3, 0.4) is 0 Å². The van der Waals surface area contributed by atoms with E-state index in [0.29, 0.717) is 36.0 Å². The van der Waals surface area contributed by atoms with E-state index in [2.05, 4.69) is 16.0 Å². The van der Waals surface area contributed by atoms with Gasteiger partial charge in [-0.1, -0.05) is 17.7 Å². The molecule has 3 N–H and O–H groups in total. The van der Waals surface area contributed by atoms with Gasteiger partial charge in [0.15, 0.2) is 0 Å². The summed E-state index contributed by atoms with van der Waals surface area (Å²) in [6.07, 6.45) is -0.541. The average molecular weight is 416 g/mol. The quantitative estimate of drug-likeness (QED) is 0.701. The Morgan fingerprint density at radius 3 is 2.88 bits per heavy atom. The van der Waals surface area contributed by atoms with E-state index in [-0.39, 0.29) is 24.2 Å². The number of carbonyl (C=O) groups excluding carboxylic acids is 2. The van der Waals surface area contributed by atoms with E-state index in [1.54, 1.807) is 29.5 Å². The molecule has 1 atom stereocenters. The summed E-state index contributed by atoms with van der Waals surface area (Å²) in [6.45, 7) is 2.13. The van der Waals surface area contributed by atoms with Crippen LogP contribution in [0.2, 0.25) is 5.02 Å². The summed E-state index contributed by atoms with van der Waals surface area (Å²) in [7, 11) is 0. The predicted molar refractivity (Wildman–Crippen MR) is 105 cm³/mol. The molecule has 1 aliphatic rings. The van der Waals surface area contributed by atoms with Gasteiger partial charge in [0.2, 0.25) is 0 Å². The molecule has 1 aromatic heterocycles. The first-order valence-corrected chi connectivity index (χ1v) is 9.12. The van der Waals surface area contributed by atoms with E-state index in [1.165, 1.54) is 0 Å². The van der Waals surface area contributed by atoms with E-state index in [1.807, 2.05) is 17.5 Å². The molecule has 2 heterocycles. The Kier molecular flexibility index (Phi) is 7.86. The number of hydrogen-bond acceptors (Lipinski definition) is 5. The van der Waals surface area contributed by atoms with E-state index in [9.17, 15) is 9.59 Å². The van der Waals surface area contributed by atoms with E-state index >= 15 is 0 Å². The molecule has 0 saturated carbocycles. The third kappa shape index (κ3) is 5.43. The minimum atomic E-state index is -0.541. The number of morpholine rings is 1. The Labute approximate surface area is 166 Å². The predicted octanol–water partition coefficient (Wildman–Crippen LogP) is 2.68. The number of hydrogen-bond donors (Lipinski definition) is 3. The van der Waals surface area contributed by atoms with Crippen molar-refractivity contribution in [1.82, 2.24) is 10.6 Å². The molecule has 26 heavy (non-hydrogen) atoms. The van der Waals surface area contributed by atoms with Gasteiger partial charge in [0.1, 0.15) is 6.10 Å². The fourth-order valence-electron chi connectivity index (χ4n) is 2.41. The Balaban J connectivity index is 0.00000243. The number of nitrogens with one attached hydrogen (secondary N) is 3. The second-order valence-corrected chi connectivity index (χ2v) is 6.95. The fraction of sp³-hybridized carbons (Fsp3) is 0.294. The Hall–Kier alpha value is -1.64. The normalized spacial score (nSPS) is 16.4. The van der Waals surface area contributed by atoms with Crippen molar-refractivity contribution in [2.75, 3.05) is 25.0 Å². The molecule has 3 rings (SSSR count). The Morgan fingerprint density at radius 2 is 2.19 bits per heavy atom. The highest BCUT2D eigenvalue weighted by atomic mass is 35.5. The van der Waals surface area contributed by atoms with Gasteiger partial charge in [-0.3, -0.25) is 9.59 Å². The van der Waals surface area contributed by atoms with Gasteiger partial charge in [0.25, 0.3) is 11.8 Å². The average Bonchev–Trinajstić information content (AvgIpc) is 3.15. The van der Waals surface area contributed by atoms with Crippen molar-refractivity contribution in [2.45, 2.75) is 12.6 Å². The van der Waals surface area contributed by atoms with Crippen molar-refractivity contribution < 1.29 is 14.3 Å². The third-order valence-electron chi connectivity index (χ3n) is 3.70. The van der Waals surface area contributed by atoms with Gasteiger partial charge in [-0.15, -0.1) is 23.7 Å². The van der Waals surface area contributed by atoms with Crippen LogP contribution in [-0.4, -0.2) is 37.6 Å². The Morgan fingerprint density at radius 1 is 1.35 bits per heavy atom. The molecule has 0 spiro atoms. The van der Waals surface area contributed by atoms with Crippen molar-refractivity contribution >= 4 is 52.8 Å². The van der Waals surface area contributed by atoms with Gasteiger partial charge < -0.3 is 20.7 Å². The minimum absolute atomic E-state index is 0. The van der Waals surface area contributed by atoms with Crippen LogP contribution in [0.5, 0.6) is 0 Å². The number of ether oxygens (including phenoxy) is 1. The lowest BCUT2D eigenvalue weighted by Gasteiger charge is -2.22. The first-order valence-electron chi connectivity index (χ1n) is 7.87. The van der Waals surface area contributed by atoms with E-state index in [4.69, 9.17) is 16.3 Å².